The van der Waals surface area contributed by atoms with Crippen LogP contribution in [0.2, 0.25) is 0 Å². The summed E-state index contributed by atoms with van der Waals surface area (Å²) in [7, 11) is 0. The van der Waals surface area contributed by atoms with E-state index in [9.17, 15) is 9.59 Å². The number of hydrogen-bond acceptors (Lipinski definition) is 6. The third-order valence-corrected chi connectivity index (χ3v) is 4.20. The highest BCUT2D eigenvalue weighted by Gasteiger charge is 2.10. The van der Waals surface area contributed by atoms with Gasteiger partial charge in [-0.2, -0.15) is 0 Å². The van der Waals surface area contributed by atoms with Crippen molar-refractivity contribution in [3.63, 3.8) is 0 Å². The summed E-state index contributed by atoms with van der Waals surface area (Å²) in [6.45, 7) is 4.15. The lowest BCUT2D eigenvalue weighted by Gasteiger charge is -2.10. The van der Waals surface area contributed by atoms with Crippen molar-refractivity contribution in [2.45, 2.75) is 20.4 Å². The average molecular weight is 344 g/mol. The van der Waals surface area contributed by atoms with Crippen molar-refractivity contribution >= 4 is 33.1 Å². The average Bonchev–Trinajstić information content (AvgIpc) is 2.98. The van der Waals surface area contributed by atoms with Gasteiger partial charge in [0.2, 0.25) is 5.13 Å². The topological polar surface area (TPSA) is 86.1 Å². The van der Waals surface area contributed by atoms with Crippen molar-refractivity contribution in [1.29, 1.82) is 0 Å². The van der Waals surface area contributed by atoms with Gasteiger partial charge in [0.15, 0.2) is 6.61 Å². The third-order valence-electron chi connectivity index (χ3n) is 3.45. The molecule has 3 aromatic rings. The maximum Gasteiger partial charge on any atom is 0.264 e. The Morgan fingerprint density at radius 2 is 2.12 bits per heavy atom. The smallest absolute Gasteiger partial charge is 0.264 e. The number of benzene rings is 1. The zero-order chi connectivity index (χ0) is 17.1. The van der Waals surface area contributed by atoms with Gasteiger partial charge in [0.05, 0.1) is 5.39 Å². The summed E-state index contributed by atoms with van der Waals surface area (Å²) in [5.74, 6) is 0.168. The number of aryl methyl sites for hydroxylation is 2. The van der Waals surface area contributed by atoms with E-state index in [0.717, 1.165) is 5.01 Å². The number of anilines is 1. The molecule has 7 nitrogen and oxygen atoms in total. The largest absolute Gasteiger partial charge is 0.483 e. The predicted octanol–water partition coefficient (Wildman–Crippen LogP) is 2.20. The number of amides is 1. The lowest BCUT2D eigenvalue weighted by molar-refractivity contribution is -0.118. The molecule has 0 aliphatic carbocycles. The Labute approximate surface area is 141 Å². The molecule has 2 heterocycles. The first kappa shape index (κ1) is 16.1. The highest BCUT2D eigenvalue weighted by Crippen LogP contribution is 2.23. The van der Waals surface area contributed by atoms with Gasteiger partial charge in [0, 0.05) is 18.1 Å². The van der Waals surface area contributed by atoms with Crippen LogP contribution < -0.4 is 15.6 Å². The van der Waals surface area contributed by atoms with Crippen LogP contribution >= 0.6 is 11.3 Å². The number of carbonyl (C=O) groups is 1. The molecule has 0 aliphatic heterocycles. The van der Waals surface area contributed by atoms with Gasteiger partial charge in [0.1, 0.15) is 10.8 Å². The minimum atomic E-state index is -0.329. The van der Waals surface area contributed by atoms with Crippen molar-refractivity contribution in [3.8, 4) is 5.75 Å². The number of carbonyl (C=O) groups excluding carboxylic acids is 1. The summed E-state index contributed by atoms with van der Waals surface area (Å²) in [5, 5.41) is 12.7. The Morgan fingerprint density at radius 3 is 2.83 bits per heavy atom. The predicted molar refractivity (Wildman–Crippen MR) is 92.7 cm³/mol. The van der Waals surface area contributed by atoms with Crippen molar-refractivity contribution in [1.82, 2.24) is 14.8 Å². The normalized spacial score (nSPS) is 10.8. The number of ether oxygens (including phenoxy) is 1. The second kappa shape index (κ2) is 6.79. The van der Waals surface area contributed by atoms with Gasteiger partial charge in [-0.25, -0.2) is 0 Å². The number of fused-ring (bicyclic) bond motifs is 1. The van der Waals surface area contributed by atoms with E-state index in [1.807, 2.05) is 19.9 Å². The minimum Gasteiger partial charge on any atom is -0.483 e. The van der Waals surface area contributed by atoms with Crippen LogP contribution in [0.15, 0.2) is 35.3 Å². The van der Waals surface area contributed by atoms with Gasteiger partial charge in [-0.1, -0.05) is 17.4 Å². The quantitative estimate of drug-likeness (QED) is 0.767. The fourth-order valence-electron chi connectivity index (χ4n) is 2.31. The third kappa shape index (κ3) is 3.28. The van der Waals surface area contributed by atoms with Crippen molar-refractivity contribution in [2.75, 3.05) is 11.9 Å². The number of hydrogen-bond donors (Lipinski definition) is 1. The van der Waals surface area contributed by atoms with Gasteiger partial charge in [-0.05, 0) is 32.0 Å². The Kier molecular flexibility index (Phi) is 4.57. The van der Waals surface area contributed by atoms with E-state index in [1.165, 1.54) is 11.3 Å². The van der Waals surface area contributed by atoms with Crippen molar-refractivity contribution < 1.29 is 9.53 Å². The minimum absolute atomic E-state index is 0.0748. The molecule has 0 aliphatic rings. The molecular formula is C16H16N4O3S. The summed E-state index contributed by atoms with van der Waals surface area (Å²) < 4.78 is 7.21. The molecule has 0 spiro atoms. The number of nitrogens with one attached hydrogen (secondary N) is 1. The summed E-state index contributed by atoms with van der Waals surface area (Å²) in [5.41, 5.74) is -0.0748. The molecule has 1 aromatic carbocycles. The summed E-state index contributed by atoms with van der Waals surface area (Å²) in [6, 6.07) is 7.05. The van der Waals surface area contributed by atoms with Gasteiger partial charge in [-0.15, -0.1) is 10.2 Å². The van der Waals surface area contributed by atoms with Gasteiger partial charge in [0.25, 0.3) is 11.5 Å². The van der Waals surface area contributed by atoms with Crippen LogP contribution in [-0.4, -0.2) is 27.3 Å². The van der Waals surface area contributed by atoms with Gasteiger partial charge in [-0.3, -0.25) is 14.9 Å². The molecule has 124 valence electrons. The number of pyridine rings is 1. The van der Waals surface area contributed by atoms with Crippen LogP contribution in [0.5, 0.6) is 5.75 Å². The maximum atomic E-state index is 12.3. The second-order valence-corrected chi connectivity index (χ2v) is 6.27. The zero-order valence-corrected chi connectivity index (χ0v) is 14.1. The van der Waals surface area contributed by atoms with E-state index in [0.29, 0.717) is 28.2 Å². The van der Waals surface area contributed by atoms with E-state index in [4.69, 9.17) is 4.74 Å². The molecule has 0 saturated heterocycles. The van der Waals surface area contributed by atoms with E-state index in [-0.39, 0.29) is 18.1 Å². The first-order chi connectivity index (χ1) is 11.6. The van der Waals surface area contributed by atoms with E-state index in [2.05, 4.69) is 15.5 Å². The molecule has 0 saturated carbocycles. The monoisotopic (exact) mass is 344 g/mol. The van der Waals surface area contributed by atoms with Gasteiger partial charge >= 0.3 is 0 Å². The van der Waals surface area contributed by atoms with Crippen LogP contribution in [0.1, 0.15) is 11.9 Å². The van der Waals surface area contributed by atoms with E-state index < -0.39 is 0 Å². The molecule has 0 atom stereocenters. The van der Waals surface area contributed by atoms with E-state index >= 15 is 0 Å². The second-order valence-electron chi connectivity index (χ2n) is 5.09. The number of rotatable bonds is 5. The Hall–Kier alpha value is -2.74. The molecule has 3 rings (SSSR count). The first-order valence-corrected chi connectivity index (χ1v) is 8.25. The van der Waals surface area contributed by atoms with Crippen LogP contribution in [0, 0.1) is 6.92 Å². The SMILES string of the molecule is CCn1ccc2c(OCC(=O)Nc3nnc(C)s3)cccc2c1=O. The molecule has 0 bridgehead atoms. The van der Waals surface area contributed by atoms with Crippen LogP contribution in [0.25, 0.3) is 10.8 Å². The van der Waals surface area contributed by atoms with Crippen molar-refractivity contribution in [2.24, 2.45) is 0 Å². The summed E-state index contributed by atoms with van der Waals surface area (Å²) >= 11 is 1.29. The van der Waals surface area contributed by atoms with Crippen LogP contribution in [0.3, 0.4) is 0 Å². The lowest BCUT2D eigenvalue weighted by atomic mass is 10.1. The molecule has 0 fully saturated rings. The molecule has 8 heteroatoms. The summed E-state index contributed by atoms with van der Waals surface area (Å²) in [6.07, 6.45) is 1.72. The summed E-state index contributed by atoms with van der Waals surface area (Å²) in [4.78, 5) is 24.2. The molecule has 1 N–H and O–H groups in total. The number of nitrogens with zero attached hydrogens (tertiary/aromatic N) is 3. The lowest BCUT2D eigenvalue weighted by Crippen LogP contribution is -2.21. The Bertz CT molecular complexity index is 948. The molecular weight excluding hydrogens is 328 g/mol. The molecule has 0 radical (unpaired) electrons. The molecule has 24 heavy (non-hydrogen) atoms. The number of aromatic nitrogens is 3. The fraction of sp³-hybridized carbons (Fsp3) is 0.250. The molecule has 1 amide bonds. The van der Waals surface area contributed by atoms with Gasteiger partial charge < -0.3 is 9.30 Å². The maximum absolute atomic E-state index is 12.3. The zero-order valence-electron chi connectivity index (χ0n) is 13.3. The Balaban J connectivity index is 1.77. The molecule has 2 aromatic heterocycles. The highest BCUT2D eigenvalue weighted by molar-refractivity contribution is 7.15. The standard InChI is InChI=1S/C16H16N4O3S/c1-3-20-8-7-11-12(15(20)22)5-4-6-13(11)23-9-14(21)17-16-19-18-10(2)24-16/h4-8H,3,9H2,1-2H3,(H,17,19,21). The van der Waals surface area contributed by atoms with Crippen LogP contribution in [-0.2, 0) is 11.3 Å². The highest BCUT2D eigenvalue weighted by atomic mass is 32.1. The Morgan fingerprint density at radius 1 is 1.29 bits per heavy atom. The van der Waals surface area contributed by atoms with Crippen LogP contribution in [0.4, 0.5) is 5.13 Å². The van der Waals surface area contributed by atoms with E-state index in [1.54, 1.807) is 29.0 Å². The molecule has 0 unspecified atom stereocenters. The van der Waals surface area contributed by atoms with Crippen molar-refractivity contribution in [3.05, 3.63) is 45.8 Å². The fourth-order valence-corrected chi connectivity index (χ4v) is 2.92. The first-order valence-electron chi connectivity index (χ1n) is 7.43.